The van der Waals surface area contributed by atoms with Crippen molar-refractivity contribution in [2.45, 2.75) is 13.3 Å². The molecule has 0 radical (unpaired) electrons. The van der Waals surface area contributed by atoms with Gasteiger partial charge in [-0.25, -0.2) is 0 Å². The van der Waals surface area contributed by atoms with E-state index in [4.69, 9.17) is 16.3 Å². The number of nitro benzene ring substituents is 1. The van der Waals surface area contributed by atoms with Crippen LogP contribution in [0, 0.1) is 17.0 Å². The van der Waals surface area contributed by atoms with Crippen LogP contribution in [0.1, 0.15) is 21.5 Å². The Morgan fingerprint density at radius 3 is 2.58 bits per heavy atom. The van der Waals surface area contributed by atoms with E-state index in [1.54, 1.807) is 31.2 Å². The highest BCUT2D eigenvalue weighted by molar-refractivity contribution is 6.31. The van der Waals surface area contributed by atoms with Gasteiger partial charge in [0.05, 0.1) is 11.3 Å². The molecule has 6 nitrogen and oxygen atoms in total. The molecule has 2 rings (SSSR count). The normalized spacial score (nSPS) is 10.2. The second-order valence-corrected chi connectivity index (χ2v) is 5.52. The third kappa shape index (κ3) is 4.39. The van der Waals surface area contributed by atoms with Gasteiger partial charge in [-0.1, -0.05) is 41.9 Å². The lowest BCUT2D eigenvalue weighted by Gasteiger charge is -2.06. The van der Waals surface area contributed by atoms with Crippen LogP contribution in [0.2, 0.25) is 5.02 Å². The van der Waals surface area contributed by atoms with Crippen molar-refractivity contribution in [1.82, 2.24) is 0 Å². The fraction of sp³-hybridized carbons (Fsp3) is 0.176. The highest BCUT2D eigenvalue weighted by atomic mass is 35.5. The average Bonchev–Trinajstić information content (AvgIpc) is 2.55. The van der Waals surface area contributed by atoms with Crippen molar-refractivity contribution < 1.29 is 19.2 Å². The molecular weight excluding hydrogens is 334 g/mol. The zero-order chi connectivity index (χ0) is 17.7. The summed E-state index contributed by atoms with van der Waals surface area (Å²) in [7, 11) is 0. The Morgan fingerprint density at radius 1 is 1.21 bits per heavy atom. The number of hydrogen-bond acceptors (Lipinski definition) is 5. The van der Waals surface area contributed by atoms with Gasteiger partial charge >= 0.3 is 5.97 Å². The van der Waals surface area contributed by atoms with Crippen molar-refractivity contribution in [2.75, 3.05) is 6.61 Å². The van der Waals surface area contributed by atoms with E-state index < -0.39 is 23.3 Å². The first-order chi connectivity index (χ1) is 11.4. The van der Waals surface area contributed by atoms with E-state index >= 15 is 0 Å². The molecule has 0 heterocycles. The summed E-state index contributed by atoms with van der Waals surface area (Å²) < 4.78 is 4.93. The Kier molecular flexibility index (Phi) is 5.65. The van der Waals surface area contributed by atoms with Crippen LogP contribution < -0.4 is 0 Å². The number of nitro groups is 1. The first kappa shape index (κ1) is 17.6. The number of rotatable bonds is 6. The van der Waals surface area contributed by atoms with Crippen molar-refractivity contribution in [3.8, 4) is 0 Å². The number of benzene rings is 2. The number of esters is 1. The van der Waals surface area contributed by atoms with Crippen LogP contribution in [0.25, 0.3) is 0 Å². The maximum Gasteiger partial charge on any atom is 0.310 e. The number of ether oxygens (including phenoxy) is 1. The highest BCUT2D eigenvalue weighted by Gasteiger charge is 2.16. The summed E-state index contributed by atoms with van der Waals surface area (Å²) in [5.74, 6) is -1.11. The molecule has 0 aliphatic carbocycles. The lowest BCUT2D eigenvalue weighted by Crippen LogP contribution is -2.16. The first-order valence-corrected chi connectivity index (χ1v) is 7.43. The lowest BCUT2D eigenvalue weighted by molar-refractivity contribution is -0.385. The smallest absolute Gasteiger partial charge is 0.310 e. The van der Waals surface area contributed by atoms with Crippen LogP contribution in [0.4, 0.5) is 5.69 Å². The van der Waals surface area contributed by atoms with Gasteiger partial charge in [0.25, 0.3) is 5.69 Å². The topological polar surface area (TPSA) is 86.5 Å². The summed E-state index contributed by atoms with van der Waals surface area (Å²) in [6, 6.07) is 11.0. The minimum Gasteiger partial charge on any atom is -0.457 e. The molecule has 2 aromatic carbocycles. The molecule has 0 bridgehead atoms. The summed E-state index contributed by atoms with van der Waals surface area (Å²) >= 11 is 5.95. The van der Waals surface area contributed by atoms with Gasteiger partial charge in [-0.15, -0.1) is 0 Å². The summed E-state index contributed by atoms with van der Waals surface area (Å²) in [5, 5.41) is 11.3. The van der Waals surface area contributed by atoms with Crippen molar-refractivity contribution in [2.24, 2.45) is 0 Å². The molecule has 0 saturated carbocycles. The summed E-state index contributed by atoms with van der Waals surface area (Å²) in [5.41, 5.74) is 1.02. The van der Waals surface area contributed by atoms with E-state index in [0.717, 1.165) is 0 Å². The van der Waals surface area contributed by atoms with Gasteiger partial charge < -0.3 is 4.74 Å². The largest absolute Gasteiger partial charge is 0.457 e. The Bertz CT molecular complexity index is 803. The Hall–Kier alpha value is -2.73. The minimum absolute atomic E-state index is 0.0546. The Balaban J connectivity index is 1.98. The Morgan fingerprint density at radius 2 is 1.92 bits per heavy atom. The van der Waals surface area contributed by atoms with E-state index in [-0.39, 0.29) is 17.7 Å². The molecule has 0 unspecified atom stereocenters. The number of Topliss-reactive ketones (excluding diaryl/α,β-unsaturated/α-hetero) is 1. The predicted octanol–water partition coefficient (Wildman–Crippen LogP) is 3.53. The number of aryl methyl sites for hydroxylation is 1. The van der Waals surface area contributed by atoms with E-state index in [9.17, 15) is 19.7 Å². The van der Waals surface area contributed by atoms with Crippen LogP contribution in [0.5, 0.6) is 0 Å². The van der Waals surface area contributed by atoms with Gasteiger partial charge in [0.1, 0.15) is 0 Å². The monoisotopic (exact) mass is 347 g/mol. The molecule has 0 spiro atoms. The number of halogens is 1. The molecule has 0 aliphatic rings. The van der Waals surface area contributed by atoms with E-state index in [1.165, 1.54) is 18.2 Å². The van der Waals surface area contributed by atoms with Gasteiger partial charge in [-0.05, 0) is 18.6 Å². The van der Waals surface area contributed by atoms with Gasteiger partial charge in [-0.3, -0.25) is 19.7 Å². The molecule has 0 atom stereocenters. The van der Waals surface area contributed by atoms with Crippen molar-refractivity contribution in [3.05, 3.63) is 74.3 Å². The molecule has 0 N–H and O–H groups in total. The van der Waals surface area contributed by atoms with Crippen LogP contribution >= 0.6 is 11.6 Å². The lowest BCUT2D eigenvalue weighted by atomic mass is 10.1. The third-order valence-corrected chi connectivity index (χ3v) is 3.75. The number of hydrogen-bond donors (Lipinski definition) is 0. The summed E-state index contributed by atoms with van der Waals surface area (Å²) in [6.07, 6.45) is -0.0546. The van der Waals surface area contributed by atoms with Crippen molar-refractivity contribution in [3.63, 3.8) is 0 Å². The van der Waals surface area contributed by atoms with Crippen LogP contribution in [-0.4, -0.2) is 23.3 Å². The number of carbonyl (C=O) groups is 2. The third-order valence-electron chi connectivity index (χ3n) is 3.38. The molecule has 0 fully saturated rings. The van der Waals surface area contributed by atoms with Crippen LogP contribution in [0.3, 0.4) is 0 Å². The number of ketones is 1. The van der Waals surface area contributed by atoms with Crippen LogP contribution in [0.15, 0.2) is 42.5 Å². The zero-order valence-corrected chi connectivity index (χ0v) is 13.6. The molecule has 0 aliphatic heterocycles. The summed E-state index contributed by atoms with van der Waals surface area (Å²) in [4.78, 5) is 34.2. The van der Waals surface area contributed by atoms with Gasteiger partial charge in [0.2, 0.25) is 5.78 Å². The van der Waals surface area contributed by atoms with E-state index in [0.29, 0.717) is 16.1 Å². The second kappa shape index (κ2) is 7.70. The highest BCUT2D eigenvalue weighted by Crippen LogP contribution is 2.20. The van der Waals surface area contributed by atoms with E-state index in [2.05, 4.69) is 0 Å². The van der Waals surface area contributed by atoms with Crippen molar-refractivity contribution in [1.29, 1.82) is 0 Å². The maximum atomic E-state index is 12.0. The number of carbonyl (C=O) groups excluding carboxylic acids is 2. The van der Waals surface area contributed by atoms with E-state index in [1.807, 2.05) is 0 Å². The predicted molar refractivity (Wildman–Crippen MR) is 88.3 cm³/mol. The van der Waals surface area contributed by atoms with Crippen LogP contribution in [-0.2, 0) is 16.0 Å². The number of nitrogens with zero attached hydrogens (tertiary/aromatic N) is 1. The molecular formula is C17H14ClNO5. The fourth-order valence-electron chi connectivity index (χ4n) is 2.06. The van der Waals surface area contributed by atoms with Gasteiger partial charge in [0, 0.05) is 22.2 Å². The molecule has 24 heavy (non-hydrogen) atoms. The van der Waals surface area contributed by atoms with Gasteiger partial charge in [0.15, 0.2) is 6.61 Å². The summed E-state index contributed by atoms with van der Waals surface area (Å²) in [6.45, 7) is 1.10. The quantitative estimate of drug-likeness (QED) is 0.345. The molecule has 0 aromatic heterocycles. The minimum atomic E-state index is -0.599. The maximum absolute atomic E-state index is 12.0. The fourth-order valence-corrected chi connectivity index (χ4v) is 2.26. The molecule has 2 aromatic rings. The zero-order valence-electron chi connectivity index (χ0n) is 12.8. The molecule has 0 amide bonds. The molecule has 7 heteroatoms. The van der Waals surface area contributed by atoms with Crippen molar-refractivity contribution >= 4 is 29.0 Å². The van der Waals surface area contributed by atoms with Gasteiger partial charge in [-0.2, -0.15) is 0 Å². The Labute approximate surface area is 143 Å². The second-order valence-electron chi connectivity index (χ2n) is 5.11. The molecule has 0 saturated heterocycles. The molecule has 124 valence electrons. The SMILES string of the molecule is Cc1ccc(C(=O)COC(=O)Cc2ccccc2Cl)cc1[N+](=O)[O-]. The standard InChI is InChI=1S/C17H14ClNO5/c1-11-6-7-13(8-15(11)19(22)23)16(20)10-24-17(21)9-12-4-2-3-5-14(12)18/h2-8H,9-10H2,1H3. The average molecular weight is 348 g/mol. The first-order valence-electron chi connectivity index (χ1n) is 7.05.